The van der Waals surface area contributed by atoms with Gasteiger partial charge in [0, 0.05) is 25.5 Å². The average molecular weight is 207 g/mol. The summed E-state index contributed by atoms with van der Waals surface area (Å²) in [6.07, 6.45) is 4.55. The van der Waals surface area contributed by atoms with Crippen LogP contribution in [0.1, 0.15) is 17.4 Å². The summed E-state index contributed by atoms with van der Waals surface area (Å²) in [4.78, 5) is 20.5. The second-order valence-electron chi connectivity index (χ2n) is 2.86. The minimum absolute atomic E-state index is 0.0267. The smallest absolute Gasteiger partial charge is 0.358 e. The van der Waals surface area contributed by atoms with Crippen molar-refractivity contribution in [2.45, 2.75) is 6.92 Å². The fourth-order valence-corrected chi connectivity index (χ4v) is 1.23. The predicted molar refractivity (Wildman–Crippen MR) is 57.1 cm³/mol. The Hall–Kier alpha value is -1.91. The number of nitrogens with zero attached hydrogens (tertiary/aromatic N) is 3. The number of likely N-dealkylation sites (N-methyl/N-ethyl adjacent to an activating group) is 1. The molecule has 0 amide bonds. The lowest BCUT2D eigenvalue weighted by Crippen LogP contribution is -2.26. The van der Waals surface area contributed by atoms with E-state index in [-0.39, 0.29) is 5.69 Å². The summed E-state index contributed by atoms with van der Waals surface area (Å²) in [5.41, 5.74) is -0.0267. The van der Waals surface area contributed by atoms with Crippen LogP contribution in [0.15, 0.2) is 25.0 Å². The van der Waals surface area contributed by atoms with Crippen LogP contribution in [0.2, 0.25) is 0 Å². The Bertz CT molecular complexity index is 365. The van der Waals surface area contributed by atoms with Crippen molar-refractivity contribution in [1.82, 2.24) is 9.97 Å². The monoisotopic (exact) mass is 207 g/mol. The minimum Gasteiger partial charge on any atom is -0.476 e. The molecule has 0 spiro atoms. The fourth-order valence-electron chi connectivity index (χ4n) is 1.23. The largest absolute Gasteiger partial charge is 0.476 e. The van der Waals surface area contributed by atoms with Gasteiger partial charge in [0.2, 0.25) is 0 Å². The van der Waals surface area contributed by atoms with Crippen molar-refractivity contribution in [2.75, 3.05) is 18.0 Å². The molecule has 0 bridgehead atoms. The molecule has 0 aliphatic rings. The molecule has 0 radical (unpaired) electrons. The van der Waals surface area contributed by atoms with Crippen molar-refractivity contribution >= 4 is 11.8 Å². The second kappa shape index (κ2) is 5.09. The van der Waals surface area contributed by atoms with Crippen LogP contribution in [0.5, 0.6) is 0 Å². The maximum Gasteiger partial charge on any atom is 0.358 e. The molecule has 0 fully saturated rings. The van der Waals surface area contributed by atoms with Crippen LogP contribution < -0.4 is 4.90 Å². The van der Waals surface area contributed by atoms with Gasteiger partial charge in [-0.15, -0.1) is 6.58 Å². The van der Waals surface area contributed by atoms with Crippen molar-refractivity contribution < 1.29 is 9.90 Å². The van der Waals surface area contributed by atoms with Gasteiger partial charge in [-0.05, 0) is 6.92 Å². The first-order valence-corrected chi connectivity index (χ1v) is 4.60. The summed E-state index contributed by atoms with van der Waals surface area (Å²) in [6, 6.07) is 0. The van der Waals surface area contributed by atoms with Crippen LogP contribution in [0, 0.1) is 0 Å². The number of aromatic nitrogens is 2. The first-order chi connectivity index (χ1) is 7.20. The highest BCUT2D eigenvalue weighted by Gasteiger charge is 2.16. The molecule has 5 nitrogen and oxygen atoms in total. The van der Waals surface area contributed by atoms with E-state index in [0.717, 1.165) is 0 Å². The van der Waals surface area contributed by atoms with Crippen molar-refractivity contribution in [1.29, 1.82) is 0 Å². The number of carboxylic acids is 1. The summed E-state index contributed by atoms with van der Waals surface area (Å²) in [7, 11) is 0. The van der Waals surface area contributed by atoms with Gasteiger partial charge in [0.05, 0.1) is 0 Å². The van der Waals surface area contributed by atoms with Crippen molar-refractivity contribution in [2.24, 2.45) is 0 Å². The van der Waals surface area contributed by atoms with E-state index in [9.17, 15) is 4.79 Å². The Balaban J connectivity index is 3.09. The molecule has 1 heterocycles. The Labute approximate surface area is 88.1 Å². The van der Waals surface area contributed by atoms with Gasteiger partial charge in [0.15, 0.2) is 11.5 Å². The molecule has 1 N–H and O–H groups in total. The first kappa shape index (κ1) is 11.2. The summed E-state index contributed by atoms with van der Waals surface area (Å²) in [5.74, 6) is -0.687. The summed E-state index contributed by atoms with van der Waals surface area (Å²) in [5, 5.41) is 8.92. The molecule has 0 aromatic carbocycles. The van der Waals surface area contributed by atoms with E-state index in [1.54, 1.807) is 11.0 Å². The van der Waals surface area contributed by atoms with Crippen molar-refractivity contribution in [3.8, 4) is 0 Å². The molecule has 5 heteroatoms. The molecule has 0 aliphatic carbocycles. The van der Waals surface area contributed by atoms with E-state index in [0.29, 0.717) is 18.9 Å². The maximum absolute atomic E-state index is 10.9. The number of anilines is 1. The van der Waals surface area contributed by atoms with Crippen molar-refractivity contribution in [3.05, 3.63) is 30.7 Å². The summed E-state index contributed by atoms with van der Waals surface area (Å²) in [6.45, 7) is 6.74. The minimum atomic E-state index is -1.07. The third kappa shape index (κ3) is 2.52. The molecule has 80 valence electrons. The van der Waals surface area contributed by atoms with Gasteiger partial charge in [-0.2, -0.15) is 0 Å². The van der Waals surface area contributed by atoms with Gasteiger partial charge < -0.3 is 10.0 Å². The number of hydrogen-bond acceptors (Lipinski definition) is 4. The normalized spacial score (nSPS) is 9.67. The third-order valence-electron chi connectivity index (χ3n) is 1.91. The molecule has 0 unspecified atom stereocenters. The van der Waals surface area contributed by atoms with E-state index < -0.39 is 5.97 Å². The number of aromatic carboxylic acids is 1. The SMILES string of the molecule is C=CCN(CC)c1nccnc1C(=O)O. The highest BCUT2D eigenvalue weighted by Crippen LogP contribution is 2.14. The zero-order valence-corrected chi connectivity index (χ0v) is 8.55. The molecule has 1 aromatic rings. The van der Waals surface area contributed by atoms with Crippen LogP contribution in [0.3, 0.4) is 0 Å². The first-order valence-electron chi connectivity index (χ1n) is 4.60. The molecule has 1 aromatic heterocycles. The quantitative estimate of drug-likeness (QED) is 0.734. The standard InChI is InChI=1S/C10H13N3O2/c1-3-7-13(4-2)9-8(10(14)15)11-5-6-12-9/h3,5-6H,1,4,7H2,2H3,(H,14,15). The van der Waals surface area contributed by atoms with Gasteiger partial charge in [0.1, 0.15) is 0 Å². The molecule has 1 rings (SSSR count). The highest BCUT2D eigenvalue weighted by molar-refractivity contribution is 5.90. The average Bonchev–Trinajstić information content (AvgIpc) is 2.26. The molecular formula is C10H13N3O2. The Morgan fingerprint density at radius 3 is 2.80 bits per heavy atom. The molecule has 0 atom stereocenters. The lowest BCUT2D eigenvalue weighted by Gasteiger charge is -2.20. The maximum atomic E-state index is 10.9. The lowest BCUT2D eigenvalue weighted by atomic mass is 10.3. The van der Waals surface area contributed by atoms with E-state index in [2.05, 4.69) is 16.5 Å². The number of hydrogen-bond donors (Lipinski definition) is 1. The van der Waals surface area contributed by atoms with Crippen LogP contribution in [0.4, 0.5) is 5.82 Å². The van der Waals surface area contributed by atoms with E-state index in [4.69, 9.17) is 5.11 Å². The highest BCUT2D eigenvalue weighted by atomic mass is 16.4. The Morgan fingerprint density at radius 2 is 2.27 bits per heavy atom. The number of carbonyl (C=O) groups is 1. The third-order valence-corrected chi connectivity index (χ3v) is 1.91. The fraction of sp³-hybridized carbons (Fsp3) is 0.300. The molecule has 0 saturated carbocycles. The zero-order valence-electron chi connectivity index (χ0n) is 8.55. The van der Waals surface area contributed by atoms with Gasteiger partial charge in [-0.3, -0.25) is 0 Å². The topological polar surface area (TPSA) is 66.3 Å². The van der Waals surface area contributed by atoms with Gasteiger partial charge >= 0.3 is 5.97 Å². The van der Waals surface area contributed by atoms with Crippen LogP contribution in [-0.2, 0) is 0 Å². The summed E-state index contributed by atoms with van der Waals surface area (Å²) < 4.78 is 0. The Morgan fingerprint density at radius 1 is 1.60 bits per heavy atom. The lowest BCUT2D eigenvalue weighted by molar-refractivity contribution is 0.0691. The van der Waals surface area contributed by atoms with Gasteiger partial charge in [-0.1, -0.05) is 6.08 Å². The predicted octanol–water partition coefficient (Wildman–Crippen LogP) is 1.19. The molecular weight excluding hydrogens is 194 g/mol. The summed E-state index contributed by atoms with van der Waals surface area (Å²) >= 11 is 0. The van der Waals surface area contributed by atoms with E-state index in [1.165, 1.54) is 12.4 Å². The Kier molecular flexibility index (Phi) is 3.79. The number of rotatable bonds is 5. The second-order valence-corrected chi connectivity index (χ2v) is 2.86. The van der Waals surface area contributed by atoms with Crippen LogP contribution >= 0.6 is 0 Å². The van der Waals surface area contributed by atoms with Gasteiger partial charge in [-0.25, -0.2) is 14.8 Å². The van der Waals surface area contributed by atoms with Crippen LogP contribution in [0.25, 0.3) is 0 Å². The molecule has 0 aliphatic heterocycles. The molecule has 15 heavy (non-hydrogen) atoms. The number of carboxylic acid groups (broad SMARTS) is 1. The zero-order chi connectivity index (χ0) is 11.3. The molecule has 0 saturated heterocycles. The van der Waals surface area contributed by atoms with E-state index >= 15 is 0 Å². The van der Waals surface area contributed by atoms with E-state index in [1.807, 2.05) is 6.92 Å². The van der Waals surface area contributed by atoms with Crippen LogP contribution in [-0.4, -0.2) is 34.1 Å². The van der Waals surface area contributed by atoms with Crippen molar-refractivity contribution in [3.63, 3.8) is 0 Å². The van der Waals surface area contributed by atoms with Gasteiger partial charge in [0.25, 0.3) is 0 Å².